The molecule has 1 fully saturated rings. The van der Waals surface area contributed by atoms with E-state index in [9.17, 15) is 18.4 Å². The van der Waals surface area contributed by atoms with Crippen molar-refractivity contribution in [3.8, 4) is 0 Å². The molecule has 2 amide bonds. The van der Waals surface area contributed by atoms with Crippen molar-refractivity contribution in [1.29, 1.82) is 0 Å². The van der Waals surface area contributed by atoms with Gasteiger partial charge in [-0.2, -0.15) is 0 Å². The van der Waals surface area contributed by atoms with E-state index in [0.717, 1.165) is 23.6 Å². The maximum atomic E-state index is 14.1. The van der Waals surface area contributed by atoms with Crippen LogP contribution in [0.5, 0.6) is 0 Å². The van der Waals surface area contributed by atoms with E-state index in [0.29, 0.717) is 18.8 Å². The van der Waals surface area contributed by atoms with E-state index in [1.807, 2.05) is 6.92 Å². The van der Waals surface area contributed by atoms with Gasteiger partial charge in [0.2, 0.25) is 11.8 Å². The lowest BCUT2D eigenvalue weighted by Crippen LogP contribution is -2.38. The zero-order chi connectivity index (χ0) is 21.4. The van der Waals surface area contributed by atoms with Crippen molar-refractivity contribution in [3.63, 3.8) is 0 Å². The molecule has 0 radical (unpaired) electrons. The fraction of sp³-hybridized carbons (Fsp3) is 0.417. The lowest BCUT2D eigenvalue weighted by atomic mass is 10.0. The monoisotopic (exact) mass is 412 g/mol. The van der Waals surface area contributed by atoms with Crippen LogP contribution in [0.15, 0.2) is 36.4 Å². The first-order valence-electron chi connectivity index (χ1n) is 10.4. The molecule has 4 rings (SSSR count). The van der Waals surface area contributed by atoms with Gasteiger partial charge < -0.3 is 10.2 Å². The van der Waals surface area contributed by atoms with Crippen LogP contribution in [0.3, 0.4) is 0 Å². The van der Waals surface area contributed by atoms with Gasteiger partial charge in [-0.3, -0.25) is 9.59 Å². The van der Waals surface area contributed by atoms with Crippen molar-refractivity contribution in [2.24, 2.45) is 5.92 Å². The molecule has 1 aliphatic heterocycles. The standard InChI is InChI=1S/C24H26F2N2O2/c1-14-6-7-16-11-15(2)24(19(16)10-14)27-21(29)12-18-8-9-22(30)28(18)13-17-4-3-5-20(25)23(17)26/h3-7,10,15,18,24H,8-9,11-13H2,1-2H3,(H,27,29)/t15-,18?,24+/m0/s1. The van der Waals surface area contributed by atoms with Crippen LogP contribution in [0, 0.1) is 24.5 Å². The summed E-state index contributed by atoms with van der Waals surface area (Å²) in [6.45, 7) is 4.14. The maximum absolute atomic E-state index is 14.1. The summed E-state index contributed by atoms with van der Waals surface area (Å²) in [4.78, 5) is 26.7. The van der Waals surface area contributed by atoms with Crippen LogP contribution in [0.25, 0.3) is 0 Å². The lowest BCUT2D eigenvalue weighted by molar-refractivity contribution is -0.130. The first-order valence-corrected chi connectivity index (χ1v) is 10.4. The first-order chi connectivity index (χ1) is 14.3. The summed E-state index contributed by atoms with van der Waals surface area (Å²) in [5.41, 5.74) is 3.71. The Labute approximate surface area is 175 Å². The number of likely N-dealkylation sites (tertiary alicyclic amines) is 1. The van der Waals surface area contributed by atoms with Gasteiger partial charge in [0, 0.05) is 31.0 Å². The third-order valence-corrected chi connectivity index (χ3v) is 6.31. The molecule has 3 atom stereocenters. The van der Waals surface area contributed by atoms with Gasteiger partial charge in [-0.15, -0.1) is 0 Å². The van der Waals surface area contributed by atoms with Crippen LogP contribution in [0.4, 0.5) is 8.78 Å². The first kappa shape index (κ1) is 20.5. The Kier molecular flexibility index (Phi) is 5.58. The van der Waals surface area contributed by atoms with Crippen LogP contribution >= 0.6 is 0 Å². The third-order valence-electron chi connectivity index (χ3n) is 6.31. The highest BCUT2D eigenvalue weighted by Crippen LogP contribution is 2.36. The molecule has 2 aliphatic rings. The second kappa shape index (κ2) is 8.17. The predicted molar refractivity (Wildman–Crippen MR) is 109 cm³/mol. The number of carbonyl (C=O) groups is 2. The van der Waals surface area contributed by atoms with Crippen LogP contribution in [0.2, 0.25) is 0 Å². The maximum Gasteiger partial charge on any atom is 0.223 e. The zero-order valence-corrected chi connectivity index (χ0v) is 17.3. The second-order valence-corrected chi connectivity index (χ2v) is 8.56. The molecule has 2 aromatic carbocycles. The number of fused-ring (bicyclic) bond motifs is 1. The van der Waals surface area contributed by atoms with Gasteiger partial charge in [-0.05, 0) is 42.9 Å². The van der Waals surface area contributed by atoms with Gasteiger partial charge in [0.1, 0.15) is 0 Å². The number of nitrogens with one attached hydrogen (secondary N) is 1. The van der Waals surface area contributed by atoms with E-state index in [1.165, 1.54) is 22.6 Å². The van der Waals surface area contributed by atoms with Crippen LogP contribution in [-0.4, -0.2) is 22.8 Å². The van der Waals surface area contributed by atoms with Crippen molar-refractivity contribution in [2.75, 3.05) is 0 Å². The molecule has 2 aromatic rings. The van der Waals surface area contributed by atoms with Crippen molar-refractivity contribution in [1.82, 2.24) is 10.2 Å². The molecule has 1 saturated heterocycles. The normalized spacial score (nSPS) is 23.0. The molecule has 1 unspecified atom stereocenters. The Hall–Kier alpha value is -2.76. The van der Waals surface area contributed by atoms with Crippen LogP contribution in [-0.2, 0) is 22.6 Å². The fourth-order valence-corrected chi connectivity index (χ4v) is 4.70. The average Bonchev–Trinajstić information content (AvgIpc) is 3.19. The minimum absolute atomic E-state index is 0.0256. The van der Waals surface area contributed by atoms with Crippen LogP contribution in [0.1, 0.15) is 54.5 Å². The number of halogens is 2. The van der Waals surface area contributed by atoms with Gasteiger partial charge >= 0.3 is 0 Å². The van der Waals surface area contributed by atoms with E-state index in [4.69, 9.17) is 0 Å². The Bertz CT molecular complexity index is 991. The van der Waals surface area contributed by atoms with E-state index >= 15 is 0 Å². The van der Waals surface area contributed by atoms with Gasteiger partial charge in [-0.25, -0.2) is 8.78 Å². The molecule has 0 aromatic heterocycles. The number of amides is 2. The van der Waals surface area contributed by atoms with Gasteiger partial charge in [-0.1, -0.05) is 42.8 Å². The summed E-state index contributed by atoms with van der Waals surface area (Å²) < 4.78 is 27.6. The van der Waals surface area contributed by atoms with Gasteiger partial charge in [0.15, 0.2) is 11.6 Å². The summed E-state index contributed by atoms with van der Waals surface area (Å²) >= 11 is 0. The Morgan fingerprint density at radius 1 is 1.23 bits per heavy atom. The number of nitrogens with zero attached hydrogens (tertiary/aromatic N) is 1. The molecule has 1 N–H and O–H groups in total. The molecular formula is C24H26F2N2O2. The molecule has 0 bridgehead atoms. The number of rotatable bonds is 5. The molecule has 30 heavy (non-hydrogen) atoms. The molecule has 0 spiro atoms. The molecule has 1 aliphatic carbocycles. The molecule has 6 heteroatoms. The minimum atomic E-state index is -0.938. The molecule has 1 heterocycles. The largest absolute Gasteiger partial charge is 0.349 e. The SMILES string of the molecule is Cc1ccc2c(c1)[C@H](NC(=O)CC1CCC(=O)N1Cc1cccc(F)c1F)[C@@H](C)C2. The topological polar surface area (TPSA) is 49.4 Å². The van der Waals surface area contributed by atoms with E-state index in [-0.39, 0.29) is 42.4 Å². The number of aryl methyl sites for hydroxylation is 1. The Morgan fingerprint density at radius 3 is 2.83 bits per heavy atom. The zero-order valence-electron chi connectivity index (χ0n) is 17.3. The molecule has 0 saturated carbocycles. The Balaban J connectivity index is 1.44. The van der Waals surface area contributed by atoms with Gasteiger partial charge in [0.25, 0.3) is 0 Å². The van der Waals surface area contributed by atoms with Crippen molar-refractivity contribution >= 4 is 11.8 Å². The summed E-state index contributed by atoms with van der Waals surface area (Å²) in [6, 6.07) is 9.94. The number of carbonyl (C=O) groups excluding carboxylic acids is 2. The predicted octanol–water partition coefficient (Wildman–Crippen LogP) is 4.20. The van der Waals surface area contributed by atoms with E-state index in [2.05, 4.69) is 30.4 Å². The third kappa shape index (κ3) is 3.95. The number of hydrogen-bond acceptors (Lipinski definition) is 2. The van der Waals surface area contributed by atoms with Crippen LogP contribution < -0.4 is 5.32 Å². The van der Waals surface area contributed by atoms with Crippen molar-refractivity contribution < 1.29 is 18.4 Å². The number of benzene rings is 2. The minimum Gasteiger partial charge on any atom is -0.349 e. The number of hydrogen-bond donors (Lipinski definition) is 1. The highest BCUT2D eigenvalue weighted by atomic mass is 19.2. The highest BCUT2D eigenvalue weighted by molar-refractivity contribution is 5.82. The summed E-state index contributed by atoms with van der Waals surface area (Å²) in [5.74, 6) is -1.82. The van der Waals surface area contributed by atoms with Gasteiger partial charge in [0.05, 0.1) is 6.04 Å². The van der Waals surface area contributed by atoms with Crippen molar-refractivity contribution in [3.05, 3.63) is 70.3 Å². The average molecular weight is 412 g/mol. The molecular weight excluding hydrogens is 386 g/mol. The highest BCUT2D eigenvalue weighted by Gasteiger charge is 2.35. The smallest absolute Gasteiger partial charge is 0.223 e. The molecule has 158 valence electrons. The summed E-state index contributed by atoms with van der Waals surface area (Å²) in [7, 11) is 0. The summed E-state index contributed by atoms with van der Waals surface area (Å²) in [5, 5.41) is 3.15. The molecule has 4 nitrogen and oxygen atoms in total. The van der Waals surface area contributed by atoms with E-state index in [1.54, 1.807) is 0 Å². The summed E-state index contributed by atoms with van der Waals surface area (Å²) in [6.07, 6.45) is 1.94. The van der Waals surface area contributed by atoms with Crippen molar-refractivity contribution in [2.45, 2.75) is 58.2 Å². The Morgan fingerprint density at radius 2 is 2.03 bits per heavy atom. The fourth-order valence-electron chi connectivity index (χ4n) is 4.70. The van der Waals surface area contributed by atoms with E-state index < -0.39 is 11.6 Å². The quantitative estimate of drug-likeness (QED) is 0.800. The lowest BCUT2D eigenvalue weighted by Gasteiger charge is -2.26. The second-order valence-electron chi connectivity index (χ2n) is 8.56.